The SMILES string of the molecule is CC(CN)N(C)C(=O)CCCS(=O)c1ccc(Br)cc1.Cl. The number of rotatable bonds is 7. The highest BCUT2D eigenvalue weighted by molar-refractivity contribution is 9.10. The summed E-state index contributed by atoms with van der Waals surface area (Å²) in [7, 11) is 0.705. The summed E-state index contributed by atoms with van der Waals surface area (Å²) in [4.78, 5) is 14.3. The Kier molecular flexibility index (Phi) is 10.1. The third-order valence-corrected chi connectivity index (χ3v) is 5.18. The van der Waals surface area contributed by atoms with Crippen LogP contribution in [0.4, 0.5) is 0 Å². The van der Waals surface area contributed by atoms with Crippen LogP contribution < -0.4 is 5.73 Å². The van der Waals surface area contributed by atoms with Crippen molar-refractivity contribution in [3.8, 4) is 0 Å². The lowest BCUT2D eigenvalue weighted by molar-refractivity contribution is -0.131. The smallest absolute Gasteiger partial charge is 0.222 e. The summed E-state index contributed by atoms with van der Waals surface area (Å²) in [5.74, 6) is 0.550. The van der Waals surface area contributed by atoms with Gasteiger partial charge in [0.15, 0.2) is 0 Å². The van der Waals surface area contributed by atoms with Crippen LogP contribution in [0.15, 0.2) is 33.6 Å². The molecule has 0 saturated carbocycles. The maximum atomic E-state index is 12.0. The second kappa shape index (κ2) is 10.3. The first kappa shape index (κ1) is 20.6. The van der Waals surface area contributed by atoms with Gasteiger partial charge in [0.05, 0.1) is 10.8 Å². The summed E-state index contributed by atoms with van der Waals surface area (Å²) < 4.78 is 13.0. The van der Waals surface area contributed by atoms with Crippen LogP contribution in [0.3, 0.4) is 0 Å². The molecule has 0 aliphatic carbocycles. The van der Waals surface area contributed by atoms with E-state index in [2.05, 4.69) is 15.9 Å². The molecule has 1 rings (SSSR count). The first-order valence-corrected chi connectivity index (χ1v) is 8.66. The van der Waals surface area contributed by atoms with E-state index in [0.717, 1.165) is 9.37 Å². The maximum Gasteiger partial charge on any atom is 0.222 e. The number of carbonyl (C=O) groups is 1. The first-order chi connectivity index (χ1) is 9.45. The quantitative estimate of drug-likeness (QED) is 0.769. The molecule has 0 radical (unpaired) electrons. The monoisotopic (exact) mass is 396 g/mol. The van der Waals surface area contributed by atoms with Crippen molar-refractivity contribution in [2.45, 2.75) is 30.7 Å². The number of amides is 1. The summed E-state index contributed by atoms with van der Waals surface area (Å²) >= 11 is 3.34. The molecule has 1 aromatic rings. The molecule has 0 saturated heterocycles. The van der Waals surface area contributed by atoms with Crippen molar-refractivity contribution in [1.29, 1.82) is 0 Å². The predicted molar refractivity (Wildman–Crippen MR) is 93.2 cm³/mol. The van der Waals surface area contributed by atoms with E-state index >= 15 is 0 Å². The van der Waals surface area contributed by atoms with Crippen molar-refractivity contribution in [1.82, 2.24) is 4.90 Å². The number of halogens is 2. The van der Waals surface area contributed by atoms with Gasteiger partial charge < -0.3 is 10.6 Å². The number of benzene rings is 1. The third kappa shape index (κ3) is 6.91. The lowest BCUT2D eigenvalue weighted by Gasteiger charge is -2.23. The highest BCUT2D eigenvalue weighted by atomic mass is 79.9. The highest BCUT2D eigenvalue weighted by Gasteiger charge is 2.14. The molecular weight excluding hydrogens is 376 g/mol. The van der Waals surface area contributed by atoms with Crippen molar-refractivity contribution in [2.75, 3.05) is 19.3 Å². The summed E-state index contributed by atoms with van der Waals surface area (Å²) in [6.07, 6.45) is 1.02. The van der Waals surface area contributed by atoms with Gasteiger partial charge in [0.1, 0.15) is 0 Å². The number of nitrogens with zero attached hydrogens (tertiary/aromatic N) is 1. The van der Waals surface area contributed by atoms with Crippen LogP contribution in [0.25, 0.3) is 0 Å². The standard InChI is InChI=1S/C14H21BrN2O2S.ClH/c1-11(10-16)17(2)14(18)4-3-9-20(19)13-7-5-12(15)6-8-13;/h5-8,11H,3-4,9-10,16H2,1-2H3;1H. The molecule has 2 unspecified atom stereocenters. The van der Waals surface area contributed by atoms with Gasteiger partial charge in [-0.2, -0.15) is 0 Å². The molecule has 2 N–H and O–H groups in total. The zero-order valence-corrected chi connectivity index (χ0v) is 15.5. The molecule has 0 bridgehead atoms. The van der Waals surface area contributed by atoms with Gasteiger partial charge in [0, 0.05) is 41.2 Å². The Morgan fingerprint density at radius 3 is 2.48 bits per heavy atom. The Hall–Kier alpha value is -0.430. The molecule has 21 heavy (non-hydrogen) atoms. The Bertz CT molecular complexity index is 471. The second-order valence-electron chi connectivity index (χ2n) is 4.70. The molecule has 1 amide bonds. The molecule has 0 aromatic heterocycles. The molecule has 0 fully saturated rings. The fourth-order valence-electron chi connectivity index (χ4n) is 1.64. The van der Waals surface area contributed by atoms with E-state index in [-0.39, 0.29) is 24.4 Å². The molecule has 4 nitrogen and oxygen atoms in total. The van der Waals surface area contributed by atoms with Crippen LogP contribution in [0.1, 0.15) is 19.8 Å². The Morgan fingerprint density at radius 2 is 1.95 bits per heavy atom. The van der Waals surface area contributed by atoms with E-state index in [9.17, 15) is 9.00 Å². The van der Waals surface area contributed by atoms with Crippen molar-refractivity contribution in [2.24, 2.45) is 5.73 Å². The van der Waals surface area contributed by atoms with Crippen molar-refractivity contribution in [3.05, 3.63) is 28.7 Å². The van der Waals surface area contributed by atoms with Gasteiger partial charge in [-0.15, -0.1) is 12.4 Å². The van der Waals surface area contributed by atoms with E-state index in [0.29, 0.717) is 25.1 Å². The largest absolute Gasteiger partial charge is 0.342 e. The normalized spacial score (nSPS) is 13.1. The minimum Gasteiger partial charge on any atom is -0.342 e. The van der Waals surface area contributed by atoms with Gasteiger partial charge in [-0.1, -0.05) is 15.9 Å². The molecular formula is C14H22BrClN2O2S. The van der Waals surface area contributed by atoms with E-state index in [1.54, 1.807) is 11.9 Å². The Balaban J connectivity index is 0.00000400. The van der Waals surface area contributed by atoms with Gasteiger partial charge in [-0.25, -0.2) is 0 Å². The number of hydrogen-bond acceptors (Lipinski definition) is 3. The lowest BCUT2D eigenvalue weighted by Crippen LogP contribution is -2.39. The minimum atomic E-state index is -1.05. The van der Waals surface area contributed by atoms with Gasteiger partial charge in [-0.3, -0.25) is 9.00 Å². The average Bonchev–Trinajstić information content (AvgIpc) is 2.45. The molecule has 0 spiro atoms. The number of nitrogens with two attached hydrogens (primary N) is 1. The topological polar surface area (TPSA) is 63.4 Å². The molecule has 120 valence electrons. The van der Waals surface area contributed by atoms with Crippen LogP contribution in [0.2, 0.25) is 0 Å². The molecule has 0 heterocycles. The molecule has 2 atom stereocenters. The van der Waals surface area contributed by atoms with E-state index in [1.165, 1.54) is 0 Å². The van der Waals surface area contributed by atoms with Gasteiger partial charge in [0.25, 0.3) is 0 Å². The maximum absolute atomic E-state index is 12.0. The third-order valence-electron chi connectivity index (χ3n) is 3.19. The highest BCUT2D eigenvalue weighted by Crippen LogP contribution is 2.14. The van der Waals surface area contributed by atoms with Gasteiger partial charge >= 0.3 is 0 Å². The zero-order valence-electron chi connectivity index (χ0n) is 12.3. The Labute approximate surface area is 143 Å². The molecule has 0 aliphatic heterocycles. The van der Waals surface area contributed by atoms with Gasteiger partial charge in [-0.05, 0) is 37.6 Å². The summed E-state index contributed by atoms with van der Waals surface area (Å²) in [5, 5.41) is 0. The lowest BCUT2D eigenvalue weighted by atomic mass is 10.2. The van der Waals surface area contributed by atoms with Crippen LogP contribution in [-0.2, 0) is 15.6 Å². The van der Waals surface area contributed by atoms with E-state index < -0.39 is 10.8 Å². The summed E-state index contributed by atoms with van der Waals surface area (Å²) in [6.45, 7) is 2.37. The number of hydrogen-bond donors (Lipinski definition) is 1. The summed E-state index contributed by atoms with van der Waals surface area (Å²) in [5.41, 5.74) is 5.53. The number of likely N-dealkylation sites (N-methyl/N-ethyl adjacent to an activating group) is 1. The van der Waals surface area contributed by atoms with Crippen LogP contribution in [-0.4, -0.2) is 40.4 Å². The minimum absolute atomic E-state index is 0. The van der Waals surface area contributed by atoms with E-state index in [4.69, 9.17) is 5.73 Å². The zero-order chi connectivity index (χ0) is 15.1. The van der Waals surface area contributed by atoms with Crippen LogP contribution in [0.5, 0.6) is 0 Å². The Morgan fingerprint density at radius 1 is 1.38 bits per heavy atom. The molecule has 0 aliphatic rings. The number of carbonyl (C=O) groups excluding carboxylic acids is 1. The second-order valence-corrected chi connectivity index (χ2v) is 7.18. The van der Waals surface area contributed by atoms with Crippen LogP contribution in [0, 0.1) is 0 Å². The van der Waals surface area contributed by atoms with Crippen LogP contribution >= 0.6 is 28.3 Å². The fourth-order valence-corrected chi connectivity index (χ4v) is 2.99. The van der Waals surface area contributed by atoms with Gasteiger partial charge in [0.2, 0.25) is 5.91 Å². The first-order valence-electron chi connectivity index (χ1n) is 6.55. The van der Waals surface area contributed by atoms with Crippen molar-refractivity contribution < 1.29 is 9.00 Å². The average molecular weight is 398 g/mol. The van der Waals surface area contributed by atoms with E-state index in [1.807, 2.05) is 31.2 Å². The van der Waals surface area contributed by atoms with Crippen molar-refractivity contribution >= 4 is 45.0 Å². The molecule has 7 heteroatoms. The van der Waals surface area contributed by atoms with Crippen molar-refractivity contribution in [3.63, 3.8) is 0 Å². The fraction of sp³-hybridized carbons (Fsp3) is 0.500. The predicted octanol–water partition coefficient (Wildman–Crippen LogP) is 2.56. The molecule has 1 aromatic carbocycles. The summed E-state index contributed by atoms with van der Waals surface area (Å²) in [6, 6.07) is 7.46.